The lowest BCUT2D eigenvalue weighted by Crippen LogP contribution is -2.37. The highest BCUT2D eigenvalue weighted by molar-refractivity contribution is 6.01. The number of hydrogen-bond donors (Lipinski definition) is 0. The van der Waals surface area contributed by atoms with E-state index in [1.165, 1.54) is 19.1 Å². The first-order chi connectivity index (χ1) is 18.7. The number of allylic oxidation sites excluding steroid dienone is 1. The number of aromatic nitrogens is 1. The number of aryl methyl sites for hydroxylation is 1. The van der Waals surface area contributed by atoms with Crippen LogP contribution in [0.2, 0.25) is 0 Å². The topological polar surface area (TPSA) is 60.8 Å². The highest BCUT2D eigenvalue weighted by atomic mass is 16.6. The molecular weight excluding hydrogens is 488 g/mol. The Kier molecular flexibility index (Phi) is 10.2. The maximum atomic E-state index is 13.4. The molecule has 0 fully saturated rings. The van der Waals surface area contributed by atoms with E-state index in [0.717, 1.165) is 53.5 Å². The summed E-state index contributed by atoms with van der Waals surface area (Å²) in [5.74, 6) is -0.378. The predicted octanol–water partition coefficient (Wildman–Crippen LogP) is 8.33. The lowest BCUT2D eigenvalue weighted by Gasteiger charge is -2.28. The van der Waals surface area contributed by atoms with E-state index in [4.69, 9.17) is 9.47 Å². The van der Waals surface area contributed by atoms with Gasteiger partial charge in [-0.1, -0.05) is 62.6 Å². The molecule has 1 aromatic heterocycles. The van der Waals surface area contributed by atoms with Crippen LogP contribution in [0.15, 0.2) is 67.8 Å². The normalized spacial score (nSPS) is 11.3. The van der Waals surface area contributed by atoms with Gasteiger partial charge in [0.1, 0.15) is 5.60 Å². The van der Waals surface area contributed by atoms with Crippen molar-refractivity contribution in [2.75, 3.05) is 18.6 Å². The Hall–Kier alpha value is -3.80. The van der Waals surface area contributed by atoms with Gasteiger partial charge < -0.3 is 14.0 Å². The molecule has 3 aromatic rings. The van der Waals surface area contributed by atoms with Crippen LogP contribution in [0.5, 0.6) is 0 Å². The fourth-order valence-corrected chi connectivity index (χ4v) is 4.90. The number of unbranched alkanes of at least 4 members (excludes halogenated alkanes) is 3. The van der Waals surface area contributed by atoms with Crippen LogP contribution in [-0.4, -0.2) is 35.9 Å². The van der Waals surface area contributed by atoms with Crippen LogP contribution in [0.3, 0.4) is 0 Å². The van der Waals surface area contributed by atoms with Gasteiger partial charge >= 0.3 is 12.1 Å². The van der Waals surface area contributed by atoms with Gasteiger partial charge in [0.15, 0.2) is 0 Å². The molecule has 0 aliphatic rings. The van der Waals surface area contributed by atoms with Crippen molar-refractivity contribution in [3.8, 4) is 11.3 Å². The van der Waals surface area contributed by atoms with Gasteiger partial charge in [-0.3, -0.25) is 4.90 Å². The number of methoxy groups -OCH3 is 1. The summed E-state index contributed by atoms with van der Waals surface area (Å²) in [6.07, 6.45) is 8.50. The number of amides is 1. The maximum absolute atomic E-state index is 13.4. The third-order valence-electron chi connectivity index (χ3n) is 6.56. The summed E-state index contributed by atoms with van der Waals surface area (Å²) in [6.45, 7) is 16.5. The molecule has 0 aliphatic carbocycles. The second-order valence-electron chi connectivity index (χ2n) is 10.7. The molecular formula is C33H42N2O4. The molecule has 208 valence electrons. The fourth-order valence-electron chi connectivity index (χ4n) is 4.90. The zero-order valence-corrected chi connectivity index (χ0v) is 24.1. The van der Waals surface area contributed by atoms with E-state index < -0.39 is 11.7 Å². The van der Waals surface area contributed by atoms with Gasteiger partial charge in [0.2, 0.25) is 0 Å². The Labute approximate surface area is 232 Å². The van der Waals surface area contributed by atoms with E-state index in [9.17, 15) is 9.59 Å². The van der Waals surface area contributed by atoms with Crippen molar-refractivity contribution in [3.63, 3.8) is 0 Å². The van der Waals surface area contributed by atoms with Gasteiger partial charge in [-0.2, -0.15) is 0 Å². The van der Waals surface area contributed by atoms with Crippen LogP contribution in [0, 0.1) is 0 Å². The fraction of sp³-hybridized carbons (Fsp3) is 0.394. The highest BCUT2D eigenvalue weighted by Gasteiger charge is 2.27. The Balaban J connectivity index is 2.32. The number of esters is 1. The number of nitrogens with zero attached hydrogens (tertiary/aromatic N) is 2. The number of ether oxygens (including phenoxy) is 2. The Morgan fingerprint density at radius 2 is 1.77 bits per heavy atom. The number of benzene rings is 2. The van der Waals surface area contributed by atoms with Gasteiger partial charge in [0.05, 0.1) is 24.1 Å². The summed E-state index contributed by atoms with van der Waals surface area (Å²) >= 11 is 0. The van der Waals surface area contributed by atoms with Crippen LogP contribution >= 0.6 is 0 Å². The molecule has 0 N–H and O–H groups in total. The minimum atomic E-state index is -0.641. The molecule has 1 amide bonds. The van der Waals surface area contributed by atoms with Crippen molar-refractivity contribution in [1.29, 1.82) is 0 Å². The van der Waals surface area contributed by atoms with Gasteiger partial charge in [0, 0.05) is 29.6 Å². The van der Waals surface area contributed by atoms with Crippen LogP contribution < -0.4 is 4.90 Å². The molecule has 1 heterocycles. The van der Waals surface area contributed by atoms with E-state index in [1.807, 2.05) is 69.3 Å². The first-order valence-corrected chi connectivity index (χ1v) is 13.7. The molecule has 0 bridgehead atoms. The zero-order valence-electron chi connectivity index (χ0n) is 24.1. The number of anilines is 1. The quantitative estimate of drug-likeness (QED) is 0.134. The second-order valence-corrected chi connectivity index (χ2v) is 10.7. The number of carbonyl (C=O) groups is 2. The summed E-state index contributed by atoms with van der Waals surface area (Å²) in [5, 5.41) is 1.08. The first kappa shape index (κ1) is 29.8. The lowest BCUT2D eigenvalue weighted by molar-refractivity contribution is 0.0580. The zero-order chi connectivity index (χ0) is 28.6. The largest absolute Gasteiger partial charge is 0.465 e. The van der Waals surface area contributed by atoms with E-state index in [-0.39, 0.29) is 5.97 Å². The summed E-state index contributed by atoms with van der Waals surface area (Å²) in [7, 11) is 1.39. The molecule has 3 rings (SSSR count). The highest BCUT2D eigenvalue weighted by Crippen LogP contribution is 2.40. The standard InChI is InChI=1S/C33H42N2O4/c1-8-11-12-13-16-26-25-20-19-24(31(36)38-7)23-29(25)34(21-9-2)30(26)27-17-14-15-18-28(27)35(22-10-3)32(37)39-33(4,5)6/h9-10,14-15,17-20,23H,2-3,8,11-13,16,21-22H2,1,4-7H3. The van der Waals surface area contributed by atoms with Crippen LogP contribution in [-0.2, 0) is 22.4 Å². The van der Waals surface area contributed by atoms with Crippen molar-refractivity contribution in [3.05, 3.63) is 78.9 Å². The minimum Gasteiger partial charge on any atom is -0.465 e. The van der Waals surface area contributed by atoms with Crippen molar-refractivity contribution in [2.24, 2.45) is 0 Å². The Morgan fingerprint density at radius 3 is 2.41 bits per heavy atom. The number of para-hydroxylation sites is 1. The van der Waals surface area contributed by atoms with Gasteiger partial charge in [0.25, 0.3) is 0 Å². The molecule has 0 radical (unpaired) electrons. The van der Waals surface area contributed by atoms with Crippen LogP contribution in [0.4, 0.5) is 10.5 Å². The van der Waals surface area contributed by atoms with Crippen LogP contribution in [0.1, 0.15) is 69.3 Å². The van der Waals surface area contributed by atoms with E-state index >= 15 is 0 Å². The van der Waals surface area contributed by atoms with Crippen molar-refractivity contribution in [1.82, 2.24) is 4.57 Å². The third-order valence-corrected chi connectivity index (χ3v) is 6.56. The first-order valence-electron chi connectivity index (χ1n) is 13.7. The smallest absolute Gasteiger partial charge is 0.415 e. The van der Waals surface area contributed by atoms with Crippen molar-refractivity contribution in [2.45, 2.75) is 71.9 Å². The van der Waals surface area contributed by atoms with Gasteiger partial charge in [-0.05, 0) is 57.4 Å². The minimum absolute atomic E-state index is 0.298. The number of fused-ring (bicyclic) bond motifs is 1. The average Bonchev–Trinajstić information content (AvgIpc) is 3.20. The number of carbonyl (C=O) groups excluding carboxylic acids is 2. The van der Waals surface area contributed by atoms with E-state index in [2.05, 4.69) is 24.6 Å². The molecule has 0 saturated heterocycles. The van der Waals surface area contributed by atoms with E-state index in [1.54, 1.807) is 11.0 Å². The molecule has 0 saturated carbocycles. The van der Waals surface area contributed by atoms with Crippen molar-refractivity contribution >= 4 is 28.7 Å². The monoisotopic (exact) mass is 530 g/mol. The molecule has 0 aliphatic heterocycles. The molecule has 2 aromatic carbocycles. The van der Waals surface area contributed by atoms with E-state index in [0.29, 0.717) is 18.7 Å². The molecule has 0 unspecified atom stereocenters. The maximum Gasteiger partial charge on any atom is 0.415 e. The Morgan fingerprint density at radius 1 is 1.03 bits per heavy atom. The molecule has 39 heavy (non-hydrogen) atoms. The summed E-state index contributed by atoms with van der Waals surface area (Å²) in [5.41, 5.74) is 4.63. The van der Waals surface area contributed by atoms with Gasteiger partial charge in [-0.15, -0.1) is 13.2 Å². The summed E-state index contributed by atoms with van der Waals surface area (Å²) in [4.78, 5) is 27.4. The molecule has 0 spiro atoms. The lowest BCUT2D eigenvalue weighted by atomic mass is 9.97. The molecule has 0 atom stereocenters. The van der Waals surface area contributed by atoms with Crippen molar-refractivity contribution < 1.29 is 19.1 Å². The third kappa shape index (κ3) is 6.99. The SMILES string of the molecule is C=CCN(C(=O)OC(C)(C)C)c1ccccc1-c1c(CCCCCC)c2ccc(C(=O)OC)cc2n1CC=C. The molecule has 6 heteroatoms. The summed E-state index contributed by atoms with van der Waals surface area (Å²) in [6, 6.07) is 13.6. The predicted molar refractivity (Wildman–Crippen MR) is 161 cm³/mol. The second kappa shape index (κ2) is 13.3. The Bertz CT molecular complexity index is 1330. The molecule has 6 nitrogen and oxygen atoms in total. The van der Waals surface area contributed by atoms with Crippen LogP contribution in [0.25, 0.3) is 22.2 Å². The van der Waals surface area contributed by atoms with Gasteiger partial charge in [-0.25, -0.2) is 9.59 Å². The number of hydrogen-bond acceptors (Lipinski definition) is 4. The number of rotatable bonds is 12. The summed E-state index contributed by atoms with van der Waals surface area (Å²) < 4.78 is 13.0. The average molecular weight is 531 g/mol.